The summed E-state index contributed by atoms with van der Waals surface area (Å²) in [6, 6.07) is 21.0. The van der Waals surface area contributed by atoms with Crippen LogP contribution in [0, 0.1) is 5.82 Å². The maximum atomic E-state index is 14.6. The topological polar surface area (TPSA) is 51.1 Å². The zero-order chi connectivity index (χ0) is 25.0. The van der Waals surface area contributed by atoms with Crippen molar-refractivity contribution in [2.24, 2.45) is 0 Å². The summed E-state index contributed by atoms with van der Waals surface area (Å²) in [5.74, 6) is -1.33. The maximum Gasteiger partial charge on any atom is 0.432 e. The monoisotopic (exact) mass is 480 g/mol. The second kappa shape index (κ2) is 9.97. The van der Waals surface area contributed by atoms with E-state index in [1.807, 2.05) is 0 Å². The molecule has 1 N–H and O–H groups in total. The standard InChI is InChI=1S/C27H20F4N2O2/c28-20-14-12-19(13-15-20)24-23(26(35)32-21-10-5-2-6-11-21)22(18-8-3-1-4-9-18)25(27(29,30)31)33(24)16-7-17-34/h1-6,8-15,17H,7,16H2,(H,32,35). The molecule has 178 valence electrons. The Labute approximate surface area is 198 Å². The molecule has 0 aliphatic rings. The normalized spacial score (nSPS) is 11.3. The molecular formula is C27H20F4N2O2. The third-order valence-corrected chi connectivity index (χ3v) is 5.44. The molecule has 0 aliphatic heterocycles. The summed E-state index contributed by atoms with van der Waals surface area (Å²) in [5, 5.41) is 2.67. The number of nitrogens with one attached hydrogen (secondary N) is 1. The number of anilines is 1. The number of nitrogens with zero attached hydrogens (tertiary/aromatic N) is 1. The Morgan fingerprint density at radius 1 is 0.857 bits per heavy atom. The number of amides is 1. The summed E-state index contributed by atoms with van der Waals surface area (Å²) in [4.78, 5) is 24.7. The van der Waals surface area contributed by atoms with Gasteiger partial charge in [-0.15, -0.1) is 0 Å². The van der Waals surface area contributed by atoms with Crippen LogP contribution in [0.25, 0.3) is 22.4 Å². The van der Waals surface area contributed by atoms with Crippen LogP contribution in [0.1, 0.15) is 22.5 Å². The first-order chi connectivity index (χ1) is 16.8. The minimum Gasteiger partial charge on any atom is -0.335 e. The molecule has 4 rings (SSSR count). The van der Waals surface area contributed by atoms with E-state index in [4.69, 9.17) is 0 Å². The quantitative estimate of drug-likeness (QED) is 0.233. The SMILES string of the molecule is O=CCCn1c(-c2ccc(F)cc2)c(C(=O)Nc2ccccc2)c(-c2ccccc2)c1C(F)(F)F. The van der Waals surface area contributed by atoms with Crippen molar-refractivity contribution in [1.82, 2.24) is 4.57 Å². The highest BCUT2D eigenvalue weighted by Gasteiger charge is 2.42. The van der Waals surface area contributed by atoms with E-state index < -0.39 is 23.6 Å². The van der Waals surface area contributed by atoms with Gasteiger partial charge in [0.05, 0.1) is 11.3 Å². The van der Waals surface area contributed by atoms with Crippen molar-refractivity contribution < 1.29 is 27.2 Å². The summed E-state index contributed by atoms with van der Waals surface area (Å²) < 4.78 is 58.4. The number of carbonyl (C=O) groups is 2. The fourth-order valence-electron chi connectivity index (χ4n) is 4.05. The fourth-order valence-corrected chi connectivity index (χ4v) is 4.05. The second-order valence-electron chi connectivity index (χ2n) is 7.75. The van der Waals surface area contributed by atoms with Gasteiger partial charge in [0.25, 0.3) is 5.91 Å². The summed E-state index contributed by atoms with van der Waals surface area (Å²) in [6.45, 7) is -0.316. The number of alkyl halides is 3. The Morgan fingerprint density at radius 3 is 2.03 bits per heavy atom. The number of rotatable bonds is 7. The lowest BCUT2D eigenvalue weighted by atomic mass is 9.97. The molecule has 1 aromatic heterocycles. The predicted molar refractivity (Wildman–Crippen MR) is 125 cm³/mol. The first-order valence-electron chi connectivity index (χ1n) is 10.8. The van der Waals surface area contributed by atoms with E-state index in [1.54, 1.807) is 48.5 Å². The van der Waals surface area contributed by atoms with E-state index in [2.05, 4.69) is 5.32 Å². The van der Waals surface area contributed by atoms with E-state index in [9.17, 15) is 27.2 Å². The minimum atomic E-state index is -4.85. The molecule has 0 radical (unpaired) electrons. The third kappa shape index (κ3) is 5.01. The molecule has 0 saturated heterocycles. The van der Waals surface area contributed by atoms with Gasteiger partial charge >= 0.3 is 6.18 Å². The highest BCUT2D eigenvalue weighted by atomic mass is 19.4. The third-order valence-electron chi connectivity index (χ3n) is 5.44. The number of aromatic nitrogens is 1. The van der Waals surface area contributed by atoms with Gasteiger partial charge in [0.2, 0.25) is 0 Å². The van der Waals surface area contributed by atoms with Gasteiger partial charge < -0.3 is 14.7 Å². The van der Waals surface area contributed by atoms with Crippen molar-refractivity contribution >= 4 is 17.9 Å². The maximum absolute atomic E-state index is 14.6. The molecule has 0 aliphatic carbocycles. The largest absolute Gasteiger partial charge is 0.432 e. The van der Waals surface area contributed by atoms with Crippen molar-refractivity contribution in [3.05, 3.63) is 102 Å². The van der Waals surface area contributed by atoms with E-state index >= 15 is 0 Å². The van der Waals surface area contributed by atoms with Gasteiger partial charge in [-0.2, -0.15) is 13.2 Å². The van der Waals surface area contributed by atoms with Crippen LogP contribution in [0.2, 0.25) is 0 Å². The van der Waals surface area contributed by atoms with Gasteiger partial charge in [0.15, 0.2) is 0 Å². The predicted octanol–water partition coefficient (Wildman–Crippen LogP) is 6.82. The summed E-state index contributed by atoms with van der Waals surface area (Å²) in [5.41, 5.74) is -0.832. The van der Waals surface area contributed by atoms with Crippen LogP contribution >= 0.6 is 0 Å². The Hall–Kier alpha value is -4.20. The molecule has 0 spiro atoms. The van der Waals surface area contributed by atoms with Crippen molar-refractivity contribution in [2.45, 2.75) is 19.1 Å². The van der Waals surface area contributed by atoms with Crippen molar-refractivity contribution in [1.29, 1.82) is 0 Å². The fraction of sp³-hybridized carbons (Fsp3) is 0.111. The van der Waals surface area contributed by atoms with Crippen LogP contribution in [0.4, 0.5) is 23.2 Å². The summed E-state index contributed by atoms with van der Waals surface area (Å²) in [6.07, 6.45) is -4.55. The minimum absolute atomic E-state index is 0.0496. The lowest BCUT2D eigenvalue weighted by Crippen LogP contribution is -2.16. The summed E-state index contributed by atoms with van der Waals surface area (Å²) >= 11 is 0. The zero-order valence-corrected chi connectivity index (χ0v) is 18.4. The number of halogens is 4. The molecule has 35 heavy (non-hydrogen) atoms. The van der Waals surface area contributed by atoms with Crippen LogP contribution in [0.15, 0.2) is 84.9 Å². The smallest absolute Gasteiger partial charge is 0.335 e. The lowest BCUT2D eigenvalue weighted by Gasteiger charge is -2.16. The highest BCUT2D eigenvalue weighted by molar-refractivity contribution is 6.13. The molecule has 1 heterocycles. The van der Waals surface area contributed by atoms with Crippen LogP contribution in [0.3, 0.4) is 0 Å². The molecule has 8 heteroatoms. The number of hydrogen-bond acceptors (Lipinski definition) is 2. The zero-order valence-electron chi connectivity index (χ0n) is 18.4. The molecule has 3 aromatic carbocycles. The van der Waals surface area contributed by atoms with Gasteiger partial charge in [-0.25, -0.2) is 4.39 Å². The van der Waals surface area contributed by atoms with Crippen LogP contribution in [-0.2, 0) is 17.5 Å². The molecule has 4 aromatic rings. The molecule has 0 atom stereocenters. The van der Waals surface area contributed by atoms with Gasteiger partial charge in [-0.3, -0.25) is 4.79 Å². The van der Waals surface area contributed by atoms with Crippen molar-refractivity contribution in [3.63, 3.8) is 0 Å². The van der Waals surface area contributed by atoms with Crippen LogP contribution in [-0.4, -0.2) is 16.8 Å². The van der Waals surface area contributed by atoms with Gasteiger partial charge in [-0.05, 0) is 47.5 Å². The molecule has 0 unspecified atom stereocenters. The molecule has 0 saturated carbocycles. The molecule has 4 nitrogen and oxygen atoms in total. The van der Waals surface area contributed by atoms with E-state index in [1.165, 1.54) is 24.3 Å². The van der Waals surface area contributed by atoms with Gasteiger partial charge in [0.1, 0.15) is 17.8 Å². The number of para-hydroxylation sites is 1. The van der Waals surface area contributed by atoms with E-state index in [-0.39, 0.29) is 40.9 Å². The average molecular weight is 480 g/mol. The Morgan fingerprint density at radius 2 is 1.46 bits per heavy atom. The average Bonchev–Trinajstić information content (AvgIpc) is 3.20. The molecule has 0 bridgehead atoms. The van der Waals surface area contributed by atoms with Crippen molar-refractivity contribution in [3.8, 4) is 22.4 Å². The number of hydrogen-bond donors (Lipinski definition) is 1. The Bertz CT molecular complexity index is 1330. The van der Waals surface area contributed by atoms with E-state index in [0.717, 1.165) is 16.7 Å². The van der Waals surface area contributed by atoms with Gasteiger partial charge in [0, 0.05) is 24.2 Å². The number of benzene rings is 3. The van der Waals surface area contributed by atoms with Crippen LogP contribution < -0.4 is 5.32 Å². The number of carbonyl (C=O) groups excluding carboxylic acids is 2. The van der Waals surface area contributed by atoms with E-state index in [0.29, 0.717) is 12.0 Å². The molecule has 0 fully saturated rings. The van der Waals surface area contributed by atoms with Crippen LogP contribution in [0.5, 0.6) is 0 Å². The second-order valence-corrected chi connectivity index (χ2v) is 7.75. The molecule has 1 amide bonds. The summed E-state index contributed by atoms with van der Waals surface area (Å²) in [7, 11) is 0. The number of aldehydes is 1. The molecular weight excluding hydrogens is 460 g/mol. The lowest BCUT2D eigenvalue weighted by molar-refractivity contribution is -0.143. The van der Waals surface area contributed by atoms with Crippen molar-refractivity contribution in [2.75, 3.05) is 5.32 Å². The highest BCUT2D eigenvalue weighted by Crippen LogP contribution is 2.46. The Kier molecular flexibility index (Phi) is 6.82. The van der Waals surface area contributed by atoms with Gasteiger partial charge in [-0.1, -0.05) is 48.5 Å². The first-order valence-corrected chi connectivity index (χ1v) is 10.8. The first kappa shape index (κ1) is 23.9. The Balaban J connectivity index is 2.09.